The number of halogens is 4. The molecule has 0 saturated heterocycles. The highest BCUT2D eigenvalue weighted by Crippen LogP contribution is 2.45. The van der Waals surface area contributed by atoms with Gasteiger partial charge in [-0.1, -0.05) is 61.4 Å². The van der Waals surface area contributed by atoms with E-state index in [2.05, 4.69) is 0 Å². The number of hydrogen-bond acceptors (Lipinski definition) is 1. The first kappa shape index (κ1) is 11.2. The molecule has 0 aliphatic heterocycles. The van der Waals surface area contributed by atoms with Crippen molar-refractivity contribution >= 4 is 73.1 Å². The van der Waals surface area contributed by atoms with Crippen LogP contribution in [0.1, 0.15) is 0 Å². The van der Waals surface area contributed by atoms with Gasteiger partial charge in [-0.3, -0.25) is 0 Å². The van der Waals surface area contributed by atoms with Gasteiger partial charge in [-0.05, 0) is 0 Å². The summed E-state index contributed by atoms with van der Waals surface area (Å²) in [5, 5.41) is 1.52. The molecule has 0 atom stereocenters. The lowest BCUT2D eigenvalue weighted by Crippen LogP contribution is -1.71. The van der Waals surface area contributed by atoms with Crippen LogP contribution in [0, 0.1) is 0 Å². The Morgan fingerprint density at radius 1 is 0.889 bits per heavy atom. The van der Waals surface area contributed by atoms with Crippen molar-refractivity contribution in [3.05, 3.63) is 0 Å². The zero-order chi connectivity index (χ0) is 7.28. The third-order valence-corrected chi connectivity index (χ3v) is 6.91. The van der Waals surface area contributed by atoms with Crippen LogP contribution in [0.2, 0.25) is 0 Å². The van der Waals surface area contributed by atoms with E-state index >= 15 is 0 Å². The summed E-state index contributed by atoms with van der Waals surface area (Å²) < 4.78 is 0. The van der Waals surface area contributed by atoms with Crippen molar-refractivity contribution in [2.75, 3.05) is 10.2 Å². The van der Waals surface area contributed by atoms with Crippen LogP contribution < -0.4 is 0 Å². The Labute approximate surface area is 82.6 Å². The lowest BCUT2D eigenvalue weighted by Gasteiger charge is -2.05. The fourth-order valence-electron chi connectivity index (χ4n) is 0.179. The largest absolute Gasteiger partial charge is 0.139 e. The molecule has 0 heterocycles. The van der Waals surface area contributed by atoms with Gasteiger partial charge in [0.1, 0.15) is 0 Å². The standard InChI is InChI=1S/C2H6Cl4S3/c3-8(4)1-7-2-9(5)6/h8-9H,1-2H2. The van der Waals surface area contributed by atoms with E-state index in [1.165, 1.54) is 0 Å². The van der Waals surface area contributed by atoms with E-state index in [-0.39, 0.29) is 0 Å². The summed E-state index contributed by atoms with van der Waals surface area (Å²) in [5.74, 6) is 0. The molecule has 0 aliphatic carbocycles. The van der Waals surface area contributed by atoms with E-state index < -0.39 is 18.6 Å². The van der Waals surface area contributed by atoms with Gasteiger partial charge < -0.3 is 0 Å². The Kier molecular flexibility index (Phi) is 8.58. The van der Waals surface area contributed by atoms with Crippen LogP contribution in [0.4, 0.5) is 0 Å². The van der Waals surface area contributed by atoms with E-state index in [9.17, 15) is 0 Å². The molecule has 0 N–H and O–H groups in total. The first-order valence-electron chi connectivity index (χ1n) is 1.89. The van der Waals surface area contributed by atoms with E-state index in [4.69, 9.17) is 42.7 Å². The summed E-state index contributed by atoms with van der Waals surface area (Å²) in [6.45, 7) is 0. The summed E-state index contributed by atoms with van der Waals surface area (Å²) in [4.78, 5) is 0. The number of rotatable bonds is 4. The summed E-state index contributed by atoms with van der Waals surface area (Å²) in [6.07, 6.45) is 0. The molecule has 0 saturated carbocycles. The quantitative estimate of drug-likeness (QED) is 0.718. The summed E-state index contributed by atoms with van der Waals surface area (Å²) in [6, 6.07) is 0. The molecule has 0 aromatic carbocycles. The van der Waals surface area contributed by atoms with E-state index in [1.54, 1.807) is 11.8 Å². The number of hydrogen-bond donors (Lipinski definition) is 2. The molecule has 0 nitrogen and oxygen atoms in total. The minimum atomic E-state index is -0.831. The SMILES string of the molecule is Cl[SH](Cl)CSC[SH](Cl)Cl. The average molecular weight is 268 g/mol. The van der Waals surface area contributed by atoms with Gasteiger partial charge in [0.15, 0.2) is 0 Å². The van der Waals surface area contributed by atoms with Crippen LogP contribution in [-0.4, -0.2) is 10.2 Å². The molecule has 9 heavy (non-hydrogen) atoms. The van der Waals surface area contributed by atoms with Crippen LogP contribution in [0.3, 0.4) is 0 Å². The molecular weight excluding hydrogens is 262 g/mol. The second-order valence-corrected chi connectivity index (χ2v) is 10.7. The Balaban J connectivity index is 2.91. The molecule has 7 heteroatoms. The van der Waals surface area contributed by atoms with Crippen LogP contribution >= 0.6 is 73.1 Å². The Hall–Kier alpha value is 2.21. The lowest BCUT2D eigenvalue weighted by molar-refractivity contribution is 2.18. The molecule has 0 radical (unpaired) electrons. The Morgan fingerprint density at radius 3 is 1.44 bits per heavy atom. The van der Waals surface area contributed by atoms with Crippen molar-refractivity contribution in [3.63, 3.8) is 0 Å². The number of thioether (sulfide) groups is 1. The van der Waals surface area contributed by atoms with Crippen molar-refractivity contribution in [2.24, 2.45) is 0 Å². The molecule has 0 unspecified atom stereocenters. The van der Waals surface area contributed by atoms with E-state index in [0.717, 1.165) is 10.2 Å². The topological polar surface area (TPSA) is 0 Å². The van der Waals surface area contributed by atoms with Crippen molar-refractivity contribution in [3.8, 4) is 0 Å². The van der Waals surface area contributed by atoms with Crippen LogP contribution in [0.5, 0.6) is 0 Å². The monoisotopic (exact) mass is 266 g/mol. The maximum absolute atomic E-state index is 5.49. The normalized spacial score (nSPS) is 13.3. The van der Waals surface area contributed by atoms with Crippen LogP contribution in [0.25, 0.3) is 0 Å². The van der Waals surface area contributed by atoms with Crippen LogP contribution in [0.15, 0.2) is 0 Å². The predicted octanol–water partition coefficient (Wildman–Crippen LogP) is 4.25. The first-order valence-corrected chi connectivity index (χ1v) is 9.71. The molecule has 0 spiro atoms. The summed E-state index contributed by atoms with van der Waals surface area (Å²) in [7, 11) is 20.3. The minimum absolute atomic E-state index is 0.761. The highest BCUT2D eigenvalue weighted by molar-refractivity contribution is 8.59. The second-order valence-electron chi connectivity index (χ2n) is 1.07. The maximum atomic E-state index is 5.49. The van der Waals surface area contributed by atoms with Crippen molar-refractivity contribution < 1.29 is 0 Å². The summed E-state index contributed by atoms with van der Waals surface area (Å²) in [5.41, 5.74) is 0. The van der Waals surface area contributed by atoms with Crippen molar-refractivity contribution in [1.29, 1.82) is 0 Å². The fraction of sp³-hybridized carbons (Fsp3) is 1.00. The van der Waals surface area contributed by atoms with Gasteiger partial charge in [0, 0.05) is 10.2 Å². The second kappa shape index (κ2) is 6.89. The zero-order valence-corrected chi connectivity index (χ0v) is 9.86. The Morgan fingerprint density at radius 2 is 1.22 bits per heavy atom. The van der Waals surface area contributed by atoms with E-state index in [1.807, 2.05) is 0 Å². The highest BCUT2D eigenvalue weighted by atomic mass is 36.0. The summed E-state index contributed by atoms with van der Waals surface area (Å²) >= 11 is 1.60. The molecule has 0 fully saturated rings. The highest BCUT2D eigenvalue weighted by Gasteiger charge is 1.96. The maximum Gasteiger partial charge on any atom is 0.0471 e. The third kappa shape index (κ3) is 10.2. The number of thiol groups is 2. The molecule has 0 aromatic rings. The van der Waals surface area contributed by atoms with Gasteiger partial charge in [-0.2, -0.15) is 0 Å². The van der Waals surface area contributed by atoms with Gasteiger partial charge >= 0.3 is 0 Å². The molecule has 0 amide bonds. The Bertz CT molecular complexity index is 58.8. The van der Waals surface area contributed by atoms with Gasteiger partial charge in [0.2, 0.25) is 0 Å². The fourth-order valence-corrected chi connectivity index (χ4v) is 4.83. The molecule has 0 aliphatic rings. The van der Waals surface area contributed by atoms with E-state index in [0.29, 0.717) is 0 Å². The van der Waals surface area contributed by atoms with Gasteiger partial charge in [-0.15, -0.1) is 11.8 Å². The molecule has 0 rings (SSSR count). The van der Waals surface area contributed by atoms with Crippen molar-refractivity contribution in [1.82, 2.24) is 0 Å². The van der Waals surface area contributed by atoms with Gasteiger partial charge in [0.25, 0.3) is 0 Å². The first-order chi connectivity index (χ1) is 4.13. The molecule has 0 aromatic heterocycles. The average Bonchev–Trinajstić information content (AvgIpc) is 1.63. The predicted molar refractivity (Wildman–Crippen MR) is 58.7 cm³/mol. The zero-order valence-electron chi connectivity index (χ0n) is 4.23. The van der Waals surface area contributed by atoms with Gasteiger partial charge in [0.05, 0.1) is 0 Å². The third-order valence-electron chi connectivity index (χ3n) is 0.378. The molecule has 0 bridgehead atoms. The van der Waals surface area contributed by atoms with Crippen molar-refractivity contribution in [2.45, 2.75) is 0 Å². The van der Waals surface area contributed by atoms with Crippen LogP contribution in [-0.2, 0) is 0 Å². The lowest BCUT2D eigenvalue weighted by atomic mass is 11.9. The minimum Gasteiger partial charge on any atom is -0.139 e. The molecular formula is C2H6Cl4S3. The molecule has 60 valence electrons. The smallest absolute Gasteiger partial charge is 0.0471 e. The van der Waals surface area contributed by atoms with Gasteiger partial charge in [-0.25, -0.2) is 0 Å².